The van der Waals surface area contributed by atoms with E-state index in [2.05, 4.69) is 32.5 Å². The van der Waals surface area contributed by atoms with Gasteiger partial charge in [0.25, 0.3) is 5.91 Å². The lowest BCUT2D eigenvalue weighted by molar-refractivity contribution is 0.102. The number of hydrogen-bond donors (Lipinski definition) is 2. The molecule has 0 aliphatic rings. The van der Waals surface area contributed by atoms with Crippen LogP contribution in [0.1, 0.15) is 21.6 Å². The quantitative estimate of drug-likeness (QED) is 0.603. The summed E-state index contributed by atoms with van der Waals surface area (Å²) < 4.78 is 1.79. The Morgan fingerprint density at radius 1 is 1.20 bits per heavy atom. The van der Waals surface area contributed by atoms with Crippen LogP contribution in [0.3, 0.4) is 0 Å². The summed E-state index contributed by atoms with van der Waals surface area (Å²) in [4.78, 5) is 20.0. The Labute approximate surface area is 144 Å². The highest BCUT2D eigenvalue weighted by molar-refractivity contribution is 6.12. The topological polar surface area (TPSA) is 75.6 Å². The molecule has 0 unspecified atom stereocenters. The van der Waals surface area contributed by atoms with Crippen molar-refractivity contribution in [1.82, 2.24) is 19.7 Å². The number of rotatable bonds is 4. The summed E-state index contributed by atoms with van der Waals surface area (Å²) in [6.45, 7) is 0. The van der Waals surface area contributed by atoms with Crippen LogP contribution in [-0.2, 0) is 13.5 Å². The highest BCUT2D eigenvalue weighted by atomic mass is 16.1. The van der Waals surface area contributed by atoms with E-state index in [0.29, 0.717) is 17.6 Å². The third-order valence-corrected chi connectivity index (χ3v) is 4.23. The molecule has 0 aliphatic carbocycles. The fourth-order valence-electron chi connectivity index (χ4n) is 2.91. The zero-order valence-electron chi connectivity index (χ0n) is 13.7. The Bertz CT molecular complexity index is 1030. The third-order valence-electron chi connectivity index (χ3n) is 4.23. The number of nitrogens with one attached hydrogen (secondary N) is 2. The Morgan fingerprint density at radius 2 is 2.04 bits per heavy atom. The number of aryl methyl sites for hydroxylation is 1. The number of amides is 1. The average molecular weight is 331 g/mol. The first-order valence-electron chi connectivity index (χ1n) is 8.00. The van der Waals surface area contributed by atoms with E-state index in [1.165, 1.54) is 5.56 Å². The molecule has 3 aromatic heterocycles. The molecule has 0 bridgehead atoms. The van der Waals surface area contributed by atoms with Crippen molar-refractivity contribution in [2.75, 3.05) is 5.32 Å². The molecule has 1 aromatic carbocycles. The lowest BCUT2D eigenvalue weighted by atomic mass is 10.1. The first-order valence-corrected chi connectivity index (χ1v) is 8.00. The van der Waals surface area contributed by atoms with E-state index >= 15 is 0 Å². The second kappa shape index (κ2) is 6.24. The van der Waals surface area contributed by atoms with Crippen molar-refractivity contribution in [3.63, 3.8) is 0 Å². The second-order valence-electron chi connectivity index (χ2n) is 5.84. The highest BCUT2D eigenvalue weighted by Crippen LogP contribution is 2.21. The van der Waals surface area contributed by atoms with E-state index in [1.807, 2.05) is 31.3 Å². The van der Waals surface area contributed by atoms with E-state index in [-0.39, 0.29) is 5.91 Å². The van der Waals surface area contributed by atoms with Gasteiger partial charge in [-0.2, -0.15) is 5.10 Å². The van der Waals surface area contributed by atoms with Crippen molar-refractivity contribution in [2.24, 2.45) is 7.05 Å². The molecule has 3 heterocycles. The molecular formula is C19H17N5O. The van der Waals surface area contributed by atoms with Gasteiger partial charge in [0.2, 0.25) is 0 Å². The number of carbonyl (C=O) groups is 1. The lowest BCUT2D eigenvalue weighted by Gasteiger charge is -2.09. The van der Waals surface area contributed by atoms with Crippen LogP contribution >= 0.6 is 0 Å². The normalized spacial score (nSPS) is 10.9. The predicted octanol–water partition coefficient (Wildman–Crippen LogP) is 3.14. The molecule has 124 valence electrons. The van der Waals surface area contributed by atoms with Crippen LogP contribution in [0.2, 0.25) is 0 Å². The summed E-state index contributed by atoms with van der Waals surface area (Å²) in [6.07, 6.45) is 5.79. The standard InChI is InChI=1S/C19H17N5O/c1-24-17(11-13-5-3-2-4-6-13)16(12-22-24)23-19(25)15-8-10-21-18-14(15)7-9-20-18/h2-10,12H,11H2,1H3,(H,20,21)(H,23,25). The van der Waals surface area contributed by atoms with Gasteiger partial charge >= 0.3 is 0 Å². The van der Waals surface area contributed by atoms with Crippen LogP contribution in [0.5, 0.6) is 0 Å². The SMILES string of the molecule is Cn1ncc(NC(=O)c2ccnc3[nH]ccc23)c1Cc1ccccc1. The van der Waals surface area contributed by atoms with Crippen LogP contribution < -0.4 is 5.32 Å². The van der Waals surface area contributed by atoms with Crippen LogP contribution in [0.15, 0.2) is 61.1 Å². The number of benzene rings is 1. The maximum Gasteiger partial charge on any atom is 0.256 e. The first kappa shape index (κ1) is 15.1. The highest BCUT2D eigenvalue weighted by Gasteiger charge is 2.16. The minimum atomic E-state index is -0.172. The monoisotopic (exact) mass is 331 g/mol. The first-order chi connectivity index (χ1) is 12.2. The fourth-order valence-corrected chi connectivity index (χ4v) is 2.91. The van der Waals surface area contributed by atoms with Gasteiger partial charge in [0.05, 0.1) is 23.1 Å². The maximum atomic E-state index is 12.8. The number of aromatic nitrogens is 4. The van der Waals surface area contributed by atoms with Gasteiger partial charge in [0.1, 0.15) is 5.65 Å². The average Bonchev–Trinajstić information content (AvgIpc) is 3.24. The van der Waals surface area contributed by atoms with E-state index in [4.69, 9.17) is 0 Å². The number of aromatic amines is 1. The molecule has 1 amide bonds. The van der Waals surface area contributed by atoms with Gasteiger partial charge in [-0.25, -0.2) is 4.98 Å². The lowest BCUT2D eigenvalue weighted by Crippen LogP contribution is -2.14. The molecule has 0 saturated heterocycles. The maximum absolute atomic E-state index is 12.8. The zero-order chi connectivity index (χ0) is 17.2. The molecule has 0 aliphatic heterocycles. The molecule has 0 radical (unpaired) electrons. The summed E-state index contributed by atoms with van der Waals surface area (Å²) in [6, 6.07) is 13.7. The van der Waals surface area contributed by atoms with Crippen molar-refractivity contribution in [2.45, 2.75) is 6.42 Å². The van der Waals surface area contributed by atoms with Gasteiger partial charge in [0, 0.05) is 31.2 Å². The van der Waals surface area contributed by atoms with E-state index in [1.54, 1.807) is 29.3 Å². The summed E-state index contributed by atoms with van der Waals surface area (Å²) in [5.41, 5.74) is 4.12. The van der Waals surface area contributed by atoms with E-state index in [9.17, 15) is 4.79 Å². The number of anilines is 1. The third kappa shape index (κ3) is 2.89. The van der Waals surface area contributed by atoms with Gasteiger partial charge in [-0.15, -0.1) is 0 Å². The van der Waals surface area contributed by atoms with Crippen molar-refractivity contribution in [1.29, 1.82) is 0 Å². The minimum Gasteiger partial charge on any atom is -0.346 e. The smallest absolute Gasteiger partial charge is 0.256 e. The molecule has 25 heavy (non-hydrogen) atoms. The summed E-state index contributed by atoms with van der Waals surface area (Å²) in [7, 11) is 1.88. The van der Waals surface area contributed by atoms with Crippen molar-refractivity contribution in [3.8, 4) is 0 Å². The number of nitrogens with zero attached hydrogens (tertiary/aromatic N) is 3. The molecule has 0 spiro atoms. The van der Waals surface area contributed by atoms with Gasteiger partial charge in [-0.1, -0.05) is 30.3 Å². The van der Waals surface area contributed by atoms with Gasteiger partial charge in [-0.05, 0) is 17.7 Å². The Balaban J connectivity index is 1.63. The fraction of sp³-hybridized carbons (Fsp3) is 0.105. The number of pyridine rings is 1. The predicted molar refractivity (Wildman–Crippen MR) is 96.5 cm³/mol. The molecule has 4 rings (SSSR count). The van der Waals surface area contributed by atoms with E-state index < -0.39 is 0 Å². The van der Waals surface area contributed by atoms with Crippen molar-refractivity contribution < 1.29 is 4.79 Å². The molecule has 6 nitrogen and oxygen atoms in total. The van der Waals surface area contributed by atoms with Gasteiger partial charge in [-0.3, -0.25) is 9.48 Å². The Morgan fingerprint density at radius 3 is 2.88 bits per heavy atom. The molecule has 0 atom stereocenters. The minimum absolute atomic E-state index is 0.172. The number of fused-ring (bicyclic) bond motifs is 1. The van der Waals surface area contributed by atoms with Gasteiger partial charge in [0.15, 0.2) is 0 Å². The Kier molecular flexibility index (Phi) is 3.78. The summed E-state index contributed by atoms with van der Waals surface area (Å²) >= 11 is 0. The van der Waals surface area contributed by atoms with Gasteiger partial charge < -0.3 is 10.3 Å². The molecule has 6 heteroatoms. The van der Waals surface area contributed by atoms with Crippen molar-refractivity contribution in [3.05, 3.63) is 77.9 Å². The number of carbonyl (C=O) groups excluding carboxylic acids is 1. The van der Waals surface area contributed by atoms with Crippen LogP contribution in [0, 0.1) is 0 Å². The second-order valence-corrected chi connectivity index (χ2v) is 5.84. The number of hydrogen-bond acceptors (Lipinski definition) is 3. The molecule has 0 saturated carbocycles. The molecule has 4 aromatic rings. The summed E-state index contributed by atoms with van der Waals surface area (Å²) in [5.74, 6) is -0.172. The van der Waals surface area contributed by atoms with Crippen LogP contribution in [0.4, 0.5) is 5.69 Å². The molecular weight excluding hydrogens is 314 g/mol. The molecule has 0 fully saturated rings. The zero-order valence-corrected chi connectivity index (χ0v) is 13.7. The van der Waals surface area contributed by atoms with Crippen LogP contribution in [-0.4, -0.2) is 25.7 Å². The van der Waals surface area contributed by atoms with Crippen molar-refractivity contribution >= 4 is 22.6 Å². The summed E-state index contributed by atoms with van der Waals surface area (Å²) in [5, 5.41) is 8.08. The largest absolute Gasteiger partial charge is 0.346 e. The van der Waals surface area contributed by atoms with E-state index in [0.717, 1.165) is 16.8 Å². The number of H-pyrrole nitrogens is 1. The van der Waals surface area contributed by atoms with Crippen LogP contribution in [0.25, 0.3) is 11.0 Å². The molecule has 2 N–H and O–H groups in total. The Hall–Kier alpha value is -3.41.